The molecule has 2 aliphatic rings. The maximum Gasteiger partial charge on any atom is 0.160 e. The number of fused-ring (bicyclic) bond motifs is 2. The van der Waals surface area contributed by atoms with Gasteiger partial charge in [-0.3, -0.25) is 4.79 Å². The molecule has 2 saturated heterocycles. The Hall–Kier alpha value is -0.800. The predicted octanol–water partition coefficient (Wildman–Crippen LogP) is 3.83. The SMILES string of the molecule is O=C1CC2CCC(C1)N2c1cc(Cl)c(F)c(Cl)c1. The fraction of sp³-hybridized carbons (Fsp3) is 0.462. The number of carbonyl (C=O) groups excluding carboxylic acids is 1. The standard InChI is InChI=1S/C13H12Cl2FNO/c14-11-5-9(6-12(15)13(11)16)17-7-1-2-8(17)4-10(18)3-7/h5-8H,1-4H2. The Morgan fingerprint density at radius 1 is 1.11 bits per heavy atom. The third-order valence-corrected chi connectivity index (χ3v) is 4.36. The van der Waals surface area contributed by atoms with Gasteiger partial charge >= 0.3 is 0 Å². The zero-order chi connectivity index (χ0) is 12.9. The van der Waals surface area contributed by atoms with Crippen LogP contribution in [-0.4, -0.2) is 17.9 Å². The summed E-state index contributed by atoms with van der Waals surface area (Å²) in [4.78, 5) is 13.7. The third-order valence-electron chi connectivity index (χ3n) is 3.81. The minimum Gasteiger partial charge on any atom is -0.365 e. The van der Waals surface area contributed by atoms with Crippen molar-refractivity contribution >= 4 is 34.7 Å². The topological polar surface area (TPSA) is 20.3 Å². The second kappa shape index (κ2) is 4.39. The molecule has 5 heteroatoms. The molecule has 2 unspecified atom stereocenters. The van der Waals surface area contributed by atoms with Crippen molar-refractivity contribution in [3.05, 3.63) is 28.0 Å². The van der Waals surface area contributed by atoms with Crippen molar-refractivity contribution in [2.45, 2.75) is 37.8 Å². The average Bonchev–Trinajstić information content (AvgIpc) is 2.58. The van der Waals surface area contributed by atoms with E-state index in [0.717, 1.165) is 18.5 Å². The van der Waals surface area contributed by atoms with E-state index in [9.17, 15) is 9.18 Å². The van der Waals surface area contributed by atoms with Gasteiger partial charge in [-0.25, -0.2) is 4.39 Å². The maximum atomic E-state index is 13.4. The van der Waals surface area contributed by atoms with E-state index in [1.807, 2.05) is 0 Å². The first-order chi connectivity index (χ1) is 8.56. The summed E-state index contributed by atoms with van der Waals surface area (Å²) in [5.41, 5.74) is 0.825. The largest absolute Gasteiger partial charge is 0.365 e. The van der Waals surface area contributed by atoms with Gasteiger partial charge in [-0.2, -0.15) is 0 Å². The Bertz CT molecular complexity index is 481. The summed E-state index contributed by atoms with van der Waals surface area (Å²) in [5, 5.41) is 0.0719. The van der Waals surface area contributed by atoms with E-state index in [2.05, 4.69) is 4.90 Å². The van der Waals surface area contributed by atoms with Crippen molar-refractivity contribution < 1.29 is 9.18 Å². The van der Waals surface area contributed by atoms with Crippen LogP contribution in [0.2, 0.25) is 10.0 Å². The molecule has 0 aromatic heterocycles. The van der Waals surface area contributed by atoms with Crippen molar-refractivity contribution in [3.63, 3.8) is 0 Å². The van der Waals surface area contributed by atoms with Crippen molar-refractivity contribution in [1.82, 2.24) is 0 Å². The molecule has 18 heavy (non-hydrogen) atoms. The van der Waals surface area contributed by atoms with Crippen LogP contribution in [0.4, 0.5) is 10.1 Å². The van der Waals surface area contributed by atoms with Gasteiger partial charge in [0.25, 0.3) is 0 Å². The number of Topliss-reactive ketones (excluding diaryl/α,β-unsaturated/α-hetero) is 1. The lowest BCUT2D eigenvalue weighted by molar-refractivity contribution is -0.120. The van der Waals surface area contributed by atoms with Gasteiger partial charge in [0.15, 0.2) is 5.82 Å². The molecule has 2 aliphatic heterocycles. The van der Waals surface area contributed by atoms with E-state index in [-0.39, 0.29) is 22.1 Å². The molecule has 2 nitrogen and oxygen atoms in total. The molecule has 96 valence electrons. The van der Waals surface area contributed by atoms with E-state index < -0.39 is 5.82 Å². The van der Waals surface area contributed by atoms with Crippen LogP contribution in [-0.2, 0) is 4.79 Å². The van der Waals surface area contributed by atoms with Crippen molar-refractivity contribution in [3.8, 4) is 0 Å². The van der Waals surface area contributed by atoms with E-state index >= 15 is 0 Å². The number of rotatable bonds is 1. The lowest BCUT2D eigenvalue weighted by atomic mass is 10.0. The van der Waals surface area contributed by atoms with Gasteiger partial charge in [0.1, 0.15) is 5.78 Å². The van der Waals surface area contributed by atoms with Crippen LogP contribution >= 0.6 is 23.2 Å². The first-order valence-electron chi connectivity index (χ1n) is 6.01. The first-order valence-corrected chi connectivity index (χ1v) is 6.76. The number of hydrogen-bond acceptors (Lipinski definition) is 2. The van der Waals surface area contributed by atoms with Crippen LogP contribution in [0.1, 0.15) is 25.7 Å². The van der Waals surface area contributed by atoms with E-state index in [0.29, 0.717) is 18.6 Å². The summed E-state index contributed by atoms with van der Waals surface area (Å²) >= 11 is 11.7. The molecule has 2 atom stereocenters. The molecular weight excluding hydrogens is 276 g/mol. The van der Waals surface area contributed by atoms with Gasteiger partial charge in [-0.05, 0) is 25.0 Å². The fourth-order valence-corrected chi connectivity index (χ4v) is 3.56. The average molecular weight is 288 g/mol. The molecule has 3 rings (SSSR count). The van der Waals surface area contributed by atoms with E-state index in [1.165, 1.54) is 0 Å². The lowest BCUT2D eigenvalue weighted by Crippen LogP contribution is -2.43. The second-order valence-electron chi connectivity index (χ2n) is 4.96. The normalized spacial score (nSPS) is 26.8. The highest BCUT2D eigenvalue weighted by Crippen LogP contribution is 2.40. The van der Waals surface area contributed by atoms with Crippen molar-refractivity contribution in [2.24, 2.45) is 0 Å². The van der Waals surface area contributed by atoms with Gasteiger partial charge in [-0.1, -0.05) is 23.2 Å². The zero-order valence-electron chi connectivity index (χ0n) is 9.63. The fourth-order valence-electron chi connectivity index (χ4n) is 3.08. The van der Waals surface area contributed by atoms with Crippen LogP contribution in [0.3, 0.4) is 0 Å². The highest BCUT2D eigenvalue weighted by molar-refractivity contribution is 6.35. The smallest absolute Gasteiger partial charge is 0.160 e. The number of ketones is 1. The summed E-state index contributed by atoms with van der Waals surface area (Å²) in [5.74, 6) is -0.263. The zero-order valence-corrected chi connectivity index (χ0v) is 11.1. The number of piperidine rings is 1. The molecule has 0 amide bonds. The molecule has 1 aromatic carbocycles. The lowest BCUT2D eigenvalue weighted by Gasteiger charge is -2.36. The van der Waals surface area contributed by atoms with Crippen LogP contribution < -0.4 is 4.90 Å². The quantitative estimate of drug-likeness (QED) is 0.732. The van der Waals surface area contributed by atoms with Gasteiger partial charge in [0.05, 0.1) is 10.0 Å². The maximum absolute atomic E-state index is 13.4. The molecule has 2 fully saturated rings. The summed E-state index contributed by atoms with van der Waals surface area (Å²) in [6, 6.07) is 3.64. The number of hydrogen-bond donors (Lipinski definition) is 0. The summed E-state index contributed by atoms with van der Waals surface area (Å²) in [6.07, 6.45) is 3.15. The number of halogens is 3. The molecule has 0 saturated carbocycles. The number of carbonyl (C=O) groups is 1. The van der Waals surface area contributed by atoms with Crippen LogP contribution in [0.25, 0.3) is 0 Å². The Morgan fingerprint density at radius 2 is 1.61 bits per heavy atom. The Balaban J connectivity index is 1.99. The van der Waals surface area contributed by atoms with Crippen LogP contribution in [0, 0.1) is 5.82 Å². The molecule has 0 N–H and O–H groups in total. The number of nitrogens with zero attached hydrogens (tertiary/aromatic N) is 1. The van der Waals surface area contributed by atoms with E-state index in [4.69, 9.17) is 23.2 Å². The molecule has 2 bridgehead atoms. The number of benzene rings is 1. The third kappa shape index (κ3) is 1.90. The highest BCUT2D eigenvalue weighted by atomic mass is 35.5. The Labute approximate surface area is 115 Å². The number of anilines is 1. The minimum atomic E-state index is -0.581. The van der Waals surface area contributed by atoms with Crippen molar-refractivity contribution in [1.29, 1.82) is 0 Å². The van der Waals surface area contributed by atoms with Crippen LogP contribution in [0.5, 0.6) is 0 Å². The Kier molecular flexibility index (Phi) is 2.99. The van der Waals surface area contributed by atoms with Crippen molar-refractivity contribution in [2.75, 3.05) is 4.90 Å². The minimum absolute atomic E-state index is 0.0359. The van der Waals surface area contributed by atoms with Gasteiger partial charge in [0.2, 0.25) is 0 Å². The molecule has 0 radical (unpaired) electrons. The van der Waals surface area contributed by atoms with Gasteiger partial charge in [0, 0.05) is 30.6 Å². The second-order valence-corrected chi connectivity index (χ2v) is 5.78. The van der Waals surface area contributed by atoms with Gasteiger partial charge in [-0.15, -0.1) is 0 Å². The summed E-state index contributed by atoms with van der Waals surface area (Å²) in [7, 11) is 0. The van der Waals surface area contributed by atoms with Gasteiger partial charge < -0.3 is 4.90 Å². The first kappa shape index (κ1) is 12.2. The predicted molar refractivity (Wildman–Crippen MR) is 70.0 cm³/mol. The molecule has 0 aliphatic carbocycles. The van der Waals surface area contributed by atoms with E-state index in [1.54, 1.807) is 12.1 Å². The monoisotopic (exact) mass is 287 g/mol. The summed E-state index contributed by atoms with van der Waals surface area (Å²) < 4.78 is 13.4. The molecule has 1 aromatic rings. The van der Waals surface area contributed by atoms with Crippen LogP contribution in [0.15, 0.2) is 12.1 Å². The molecular formula is C13H12Cl2FNO. The Morgan fingerprint density at radius 3 is 2.11 bits per heavy atom. The molecule has 2 heterocycles. The summed E-state index contributed by atoms with van der Waals surface area (Å²) in [6.45, 7) is 0. The molecule has 0 spiro atoms. The highest BCUT2D eigenvalue weighted by Gasteiger charge is 2.40.